The minimum atomic E-state index is -0.712. The first-order valence-electron chi connectivity index (χ1n) is 10.5. The zero-order valence-corrected chi connectivity index (χ0v) is 17.8. The zero-order chi connectivity index (χ0) is 21.7. The van der Waals surface area contributed by atoms with Crippen LogP contribution in [0.5, 0.6) is 0 Å². The van der Waals surface area contributed by atoms with Gasteiger partial charge >= 0.3 is 5.97 Å². The highest BCUT2D eigenvalue weighted by Gasteiger charge is 2.38. The van der Waals surface area contributed by atoms with Gasteiger partial charge in [-0.25, -0.2) is 4.79 Å². The average Bonchev–Trinajstić information content (AvgIpc) is 3.50. The van der Waals surface area contributed by atoms with E-state index in [0.29, 0.717) is 17.6 Å². The first-order chi connectivity index (χ1) is 14.4. The number of epoxide rings is 1. The Hall–Kier alpha value is -2.61. The second-order valence-corrected chi connectivity index (χ2v) is 8.68. The van der Waals surface area contributed by atoms with Gasteiger partial charge in [0.2, 0.25) is 0 Å². The van der Waals surface area contributed by atoms with Crippen molar-refractivity contribution in [3.05, 3.63) is 35.1 Å². The molecule has 0 saturated carbocycles. The summed E-state index contributed by atoms with van der Waals surface area (Å²) < 4.78 is 15.8. The molecule has 0 aromatic heterocycles. The molecule has 0 N–H and O–H groups in total. The summed E-state index contributed by atoms with van der Waals surface area (Å²) in [5.41, 5.74) is 1.67. The van der Waals surface area contributed by atoms with E-state index in [4.69, 9.17) is 14.2 Å². The fourth-order valence-electron chi connectivity index (χ4n) is 4.14. The Morgan fingerprint density at radius 3 is 2.60 bits per heavy atom. The number of hydrogen-bond acceptors (Lipinski definition) is 7. The molecule has 3 rings (SSSR count). The first-order valence-corrected chi connectivity index (χ1v) is 10.5. The molecule has 2 saturated heterocycles. The maximum atomic E-state index is 12.7. The third-order valence-corrected chi connectivity index (χ3v) is 5.67. The summed E-state index contributed by atoms with van der Waals surface area (Å²) in [6.07, 6.45) is 5.81. The molecule has 2 unspecified atom stereocenters. The van der Waals surface area contributed by atoms with Crippen LogP contribution >= 0.6 is 0 Å². The van der Waals surface area contributed by atoms with Gasteiger partial charge in [0.15, 0.2) is 6.29 Å². The van der Waals surface area contributed by atoms with E-state index in [1.807, 2.05) is 6.07 Å². The van der Waals surface area contributed by atoms with Crippen LogP contribution < -0.4 is 0 Å². The van der Waals surface area contributed by atoms with E-state index in [1.165, 1.54) is 6.42 Å². The van der Waals surface area contributed by atoms with E-state index in [0.717, 1.165) is 38.0 Å². The summed E-state index contributed by atoms with van der Waals surface area (Å²) in [6, 6.07) is 4.28. The summed E-state index contributed by atoms with van der Waals surface area (Å²) in [5.74, 6) is -0.712. The normalized spacial score (nSPS) is 27.0. The summed E-state index contributed by atoms with van der Waals surface area (Å²) >= 11 is 0. The molecule has 0 radical (unpaired) electrons. The molecular weight excluding hydrogens is 382 g/mol. The highest BCUT2D eigenvalue weighted by molar-refractivity contribution is 5.95. The fourth-order valence-corrected chi connectivity index (χ4v) is 4.14. The lowest BCUT2D eigenvalue weighted by atomic mass is 9.72. The molecule has 30 heavy (non-hydrogen) atoms. The summed E-state index contributed by atoms with van der Waals surface area (Å²) in [6.45, 7) is 9.81. The second kappa shape index (κ2) is 9.47. The van der Waals surface area contributed by atoms with Crippen LogP contribution in [0.1, 0.15) is 46.0 Å². The van der Waals surface area contributed by atoms with Gasteiger partial charge in [0.25, 0.3) is 0 Å². The van der Waals surface area contributed by atoms with Crippen LogP contribution in [0.25, 0.3) is 0 Å². The molecule has 2 fully saturated rings. The van der Waals surface area contributed by atoms with Crippen LogP contribution in [0.15, 0.2) is 35.1 Å². The number of esters is 1. The number of allylic oxidation sites excluding steroid dienone is 3. The van der Waals surface area contributed by atoms with Crippen molar-refractivity contribution in [2.24, 2.45) is 5.41 Å². The van der Waals surface area contributed by atoms with Crippen molar-refractivity contribution >= 4 is 5.97 Å². The lowest BCUT2D eigenvalue weighted by Gasteiger charge is -2.40. The molecule has 0 aromatic rings. The molecule has 7 heteroatoms. The van der Waals surface area contributed by atoms with Gasteiger partial charge in [-0.05, 0) is 43.1 Å². The predicted octanol–water partition coefficient (Wildman–Crippen LogP) is 3.36. The van der Waals surface area contributed by atoms with Gasteiger partial charge in [0.1, 0.15) is 30.4 Å². The quantitative estimate of drug-likeness (QED) is 0.158. The van der Waals surface area contributed by atoms with Gasteiger partial charge < -0.3 is 19.1 Å². The van der Waals surface area contributed by atoms with Crippen LogP contribution in [0, 0.1) is 28.1 Å². The molecule has 0 bridgehead atoms. The number of hydrogen-bond donors (Lipinski definition) is 0. The van der Waals surface area contributed by atoms with Crippen LogP contribution in [-0.2, 0) is 19.0 Å². The van der Waals surface area contributed by atoms with E-state index in [-0.39, 0.29) is 36.6 Å². The van der Waals surface area contributed by atoms with Crippen molar-refractivity contribution in [1.82, 2.24) is 4.90 Å². The molecule has 160 valence electrons. The molecule has 2 heterocycles. The topological polar surface area (TPSA) is 98.9 Å². The number of nitriles is 2. The molecule has 7 nitrogen and oxygen atoms in total. The Balaban J connectivity index is 1.78. The van der Waals surface area contributed by atoms with E-state index in [9.17, 15) is 15.3 Å². The monoisotopic (exact) mass is 411 g/mol. The molecule has 0 aromatic carbocycles. The van der Waals surface area contributed by atoms with Crippen molar-refractivity contribution in [2.45, 2.75) is 58.3 Å². The lowest BCUT2D eigenvalue weighted by Crippen LogP contribution is -2.35. The smallest absolute Gasteiger partial charge is 0.349 e. The first kappa shape index (κ1) is 22.1. The Morgan fingerprint density at radius 1 is 1.27 bits per heavy atom. The summed E-state index contributed by atoms with van der Waals surface area (Å²) in [5, 5.41) is 19.7. The maximum Gasteiger partial charge on any atom is 0.349 e. The minimum Gasteiger partial charge on any atom is -0.459 e. The van der Waals surface area contributed by atoms with Crippen molar-refractivity contribution in [2.75, 3.05) is 26.3 Å². The lowest BCUT2D eigenvalue weighted by molar-refractivity contribution is -0.140. The molecule has 2 atom stereocenters. The number of nitrogens with zero attached hydrogens (tertiary/aromatic N) is 3. The third kappa shape index (κ3) is 5.11. The van der Waals surface area contributed by atoms with E-state index >= 15 is 0 Å². The predicted molar refractivity (Wildman–Crippen MR) is 109 cm³/mol. The van der Waals surface area contributed by atoms with Crippen molar-refractivity contribution in [3.8, 4) is 12.1 Å². The highest BCUT2D eigenvalue weighted by Crippen LogP contribution is 2.44. The van der Waals surface area contributed by atoms with Crippen LogP contribution in [0.4, 0.5) is 0 Å². The van der Waals surface area contributed by atoms with E-state index < -0.39 is 5.97 Å². The van der Waals surface area contributed by atoms with E-state index in [1.54, 1.807) is 6.08 Å². The molecule has 1 aliphatic carbocycles. The molecular formula is C23H29N3O4. The Morgan fingerprint density at radius 2 is 2.00 bits per heavy atom. The Kier molecular flexibility index (Phi) is 6.97. The van der Waals surface area contributed by atoms with Crippen molar-refractivity contribution < 1.29 is 19.0 Å². The van der Waals surface area contributed by atoms with Crippen LogP contribution in [0.2, 0.25) is 0 Å². The largest absolute Gasteiger partial charge is 0.459 e. The molecule has 0 amide bonds. The second-order valence-electron chi connectivity index (χ2n) is 8.68. The number of carbonyl (C=O) groups excluding carboxylic acids is 1. The van der Waals surface area contributed by atoms with Gasteiger partial charge in [-0.3, -0.25) is 0 Å². The standard InChI is InChI=1S/C23H29N3O4/c1-4-20-22(30-20)29-11-10-28-21(27)18(15-25)16-12-23(2,3)13-19(17(16)14-24)26-8-6-5-7-9-26/h4,20,22H,1,5-13H2,2-3H3/b18-16-. The maximum absolute atomic E-state index is 12.7. The number of piperidine rings is 1. The number of rotatable bonds is 7. The zero-order valence-electron chi connectivity index (χ0n) is 17.8. The van der Waals surface area contributed by atoms with Crippen molar-refractivity contribution in [1.29, 1.82) is 10.5 Å². The van der Waals surface area contributed by atoms with Crippen molar-refractivity contribution in [3.63, 3.8) is 0 Å². The summed E-state index contributed by atoms with van der Waals surface area (Å²) in [4.78, 5) is 14.9. The van der Waals surface area contributed by atoms with Gasteiger partial charge in [-0.1, -0.05) is 19.9 Å². The third-order valence-electron chi connectivity index (χ3n) is 5.67. The SMILES string of the molecule is C=CC1OC1OCCOC(=O)/C(C#N)=C1/CC(C)(C)CC(N2CCCCC2)=C1C#N. The summed E-state index contributed by atoms with van der Waals surface area (Å²) in [7, 11) is 0. The Labute approximate surface area is 178 Å². The van der Waals surface area contributed by atoms with Gasteiger partial charge in [0, 0.05) is 18.8 Å². The van der Waals surface area contributed by atoms with Gasteiger partial charge in [-0.2, -0.15) is 10.5 Å². The Bertz CT molecular complexity index is 837. The van der Waals surface area contributed by atoms with Gasteiger partial charge in [-0.15, -0.1) is 6.58 Å². The van der Waals surface area contributed by atoms with Gasteiger partial charge in [0.05, 0.1) is 12.2 Å². The highest BCUT2D eigenvalue weighted by atomic mass is 16.8. The van der Waals surface area contributed by atoms with Crippen LogP contribution in [0.3, 0.4) is 0 Å². The van der Waals surface area contributed by atoms with Crippen LogP contribution in [-0.4, -0.2) is 49.6 Å². The number of ether oxygens (including phenoxy) is 3. The molecule has 3 aliphatic rings. The number of carbonyl (C=O) groups is 1. The molecule has 0 spiro atoms. The molecule has 2 aliphatic heterocycles. The minimum absolute atomic E-state index is 0.00892. The fraction of sp³-hybridized carbons (Fsp3) is 0.609. The number of likely N-dealkylation sites (tertiary alicyclic amines) is 1. The average molecular weight is 412 g/mol. The van der Waals surface area contributed by atoms with E-state index in [2.05, 4.69) is 31.4 Å².